The van der Waals surface area contributed by atoms with E-state index in [4.69, 9.17) is 0 Å². The van der Waals surface area contributed by atoms with Gasteiger partial charge in [0.05, 0.1) is 0 Å². The maximum atomic E-state index is 3.41. The first-order valence-corrected chi connectivity index (χ1v) is 7.59. The largest absolute Gasteiger partial charge is 0.372 e. The molecule has 2 heterocycles. The second-order valence-corrected chi connectivity index (χ2v) is 5.29. The van der Waals surface area contributed by atoms with Gasteiger partial charge in [0.25, 0.3) is 0 Å². The van der Waals surface area contributed by atoms with Gasteiger partial charge in [-0.2, -0.15) is 0 Å². The van der Waals surface area contributed by atoms with E-state index in [-0.39, 0.29) is 0 Å². The van der Waals surface area contributed by atoms with Crippen LogP contribution in [0.15, 0.2) is 30.5 Å². The number of H-pyrrole nitrogens is 1. The molecule has 1 aromatic heterocycles. The van der Waals surface area contributed by atoms with Crippen LogP contribution in [0.25, 0.3) is 16.5 Å². The maximum Gasteiger partial charge on any atom is 0.0461 e. The van der Waals surface area contributed by atoms with Crippen molar-refractivity contribution in [1.29, 1.82) is 0 Å². The molecule has 0 saturated heterocycles. The van der Waals surface area contributed by atoms with E-state index >= 15 is 0 Å². The molecule has 3 heteroatoms. The van der Waals surface area contributed by atoms with E-state index in [0.717, 1.165) is 32.6 Å². The highest BCUT2D eigenvalue weighted by Gasteiger charge is 2.12. The van der Waals surface area contributed by atoms with Gasteiger partial charge in [-0.15, -0.1) is 0 Å². The van der Waals surface area contributed by atoms with Gasteiger partial charge in [0.1, 0.15) is 0 Å². The van der Waals surface area contributed by atoms with Crippen LogP contribution in [0.3, 0.4) is 0 Å². The molecule has 0 bridgehead atoms. The number of rotatable bonds is 4. The predicted octanol–water partition coefficient (Wildman–Crippen LogP) is 3.39. The fraction of sp³-hybridized carbons (Fsp3) is 0.412. The Balaban J connectivity index is 2.05. The third-order valence-electron chi connectivity index (χ3n) is 4.20. The Morgan fingerprint density at radius 2 is 2.05 bits per heavy atom. The zero-order valence-corrected chi connectivity index (χ0v) is 12.4. The van der Waals surface area contributed by atoms with Crippen molar-refractivity contribution in [3.63, 3.8) is 0 Å². The first-order valence-electron chi connectivity index (χ1n) is 7.59. The second kappa shape index (κ2) is 5.71. The van der Waals surface area contributed by atoms with Gasteiger partial charge in [-0.25, -0.2) is 0 Å². The van der Waals surface area contributed by atoms with Crippen molar-refractivity contribution in [3.8, 4) is 0 Å². The number of fused-ring (bicyclic) bond motifs is 1. The van der Waals surface area contributed by atoms with E-state index in [1.165, 1.54) is 27.7 Å². The van der Waals surface area contributed by atoms with Crippen molar-refractivity contribution >= 4 is 22.2 Å². The molecule has 0 fully saturated rings. The molecule has 2 aromatic rings. The fourth-order valence-electron chi connectivity index (χ4n) is 3.03. The van der Waals surface area contributed by atoms with E-state index in [2.05, 4.69) is 59.5 Å². The van der Waals surface area contributed by atoms with Crippen LogP contribution in [0, 0.1) is 0 Å². The van der Waals surface area contributed by atoms with Gasteiger partial charge in [0, 0.05) is 48.0 Å². The van der Waals surface area contributed by atoms with Crippen molar-refractivity contribution in [3.05, 3.63) is 36.0 Å². The summed E-state index contributed by atoms with van der Waals surface area (Å²) in [5, 5.41) is 4.73. The molecule has 3 rings (SSSR count). The number of anilines is 1. The second-order valence-electron chi connectivity index (χ2n) is 5.29. The lowest BCUT2D eigenvalue weighted by molar-refractivity contribution is 0.739. The monoisotopic (exact) mass is 269 g/mol. The predicted molar refractivity (Wildman–Crippen MR) is 87.3 cm³/mol. The molecule has 1 aliphatic heterocycles. The highest BCUT2D eigenvalue weighted by molar-refractivity contribution is 5.94. The summed E-state index contributed by atoms with van der Waals surface area (Å²) in [6.07, 6.45) is 5.59. The van der Waals surface area contributed by atoms with Crippen molar-refractivity contribution in [2.45, 2.75) is 20.3 Å². The van der Waals surface area contributed by atoms with Crippen molar-refractivity contribution in [2.75, 3.05) is 31.1 Å². The number of nitrogens with zero attached hydrogens (tertiary/aromatic N) is 1. The molecule has 1 aromatic carbocycles. The molecule has 1 aliphatic rings. The Hall–Kier alpha value is -1.74. The fourth-order valence-corrected chi connectivity index (χ4v) is 3.03. The SMILES string of the molecule is CCN(CC)c1ccc2[nH]cc(C3=CCNCC3)c2c1. The van der Waals surface area contributed by atoms with Crippen molar-refractivity contribution in [2.24, 2.45) is 0 Å². The summed E-state index contributed by atoms with van der Waals surface area (Å²) >= 11 is 0. The number of aromatic nitrogens is 1. The topological polar surface area (TPSA) is 31.1 Å². The zero-order valence-electron chi connectivity index (χ0n) is 12.4. The Bertz CT molecular complexity index is 620. The highest BCUT2D eigenvalue weighted by atomic mass is 15.1. The van der Waals surface area contributed by atoms with Crippen LogP contribution in [0.2, 0.25) is 0 Å². The average Bonchev–Trinajstić information content (AvgIpc) is 2.93. The lowest BCUT2D eigenvalue weighted by Crippen LogP contribution is -2.21. The standard InChI is InChI=1S/C17H23N3/c1-3-20(4-2)14-5-6-17-15(11-14)16(12-19-17)13-7-9-18-10-8-13/h5-7,11-12,18-19H,3-4,8-10H2,1-2H3. The van der Waals surface area contributed by atoms with Crippen LogP contribution >= 0.6 is 0 Å². The van der Waals surface area contributed by atoms with Crippen molar-refractivity contribution < 1.29 is 0 Å². The van der Waals surface area contributed by atoms with E-state index < -0.39 is 0 Å². The molecule has 0 atom stereocenters. The van der Waals surface area contributed by atoms with E-state index in [1.807, 2.05) is 0 Å². The molecule has 0 amide bonds. The molecule has 0 radical (unpaired) electrons. The summed E-state index contributed by atoms with van der Waals surface area (Å²) in [6, 6.07) is 6.75. The number of nitrogens with one attached hydrogen (secondary N) is 2. The van der Waals surface area contributed by atoms with E-state index in [9.17, 15) is 0 Å². The lowest BCUT2D eigenvalue weighted by Gasteiger charge is -2.21. The van der Waals surface area contributed by atoms with Crippen LogP contribution in [-0.4, -0.2) is 31.2 Å². The van der Waals surface area contributed by atoms with Gasteiger partial charge < -0.3 is 15.2 Å². The summed E-state index contributed by atoms with van der Waals surface area (Å²) in [6.45, 7) is 8.58. The summed E-state index contributed by atoms with van der Waals surface area (Å²) in [4.78, 5) is 5.80. The van der Waals surface area contributed by atoms with Crippen LogP contribution in [-0.2, 0) is 0 Å². The minimum Gasteiger partial charge on any atom is -0.372 e. The molecule has 106 valence electrons. The smallest absolute Gasteiger partial charge is 0.0461 e. The van der Waals surface area contributed by atoms with Crippen molar-refractivity contribution in [1.82, 2.24) is 10.3 Å². The van der Waals surface area contributed by atoms with Crippen LogP contribution in [0.1, 0.15) is 25.8 Å². The van der Waals surface area contributed by atoms with Gasteiger partial charge in [-0.3, -0.25) is 0 Å². The Labute approximate surface area is 120 Å². The normalized spacial score (nSPS) is 15.4. The van der Waals surface area contributed by atoms with Crippen LogP contribution in [0.5, 0.6) is 0 Å². The van der Waals surface area contributed by atoms with Gasteiger partial charge in [0.15, 0.2) is 0 Å². The Morgan fingerprint density at radius 1 is 1.20 bits per heavy atom. The molecule has 2 N–H and O–H groups in total. The Kier molecular flexibility index (Phi) is 3.79. The molecular formula is C17H23N3. The van der Waals surface area contributed by atoms with Crippen LogP contribution < -0.4 is 10.2 Å². The summed E-state index contributed by atoms with van der Waals surface area (Å²) in [5.74, 6) is 0. The minimum absolute atomic E-state index is 0.984. The molecule has 3 nitrogen and oxygen atoms in total. The number of benzene rings is 1. The first kappa shape index (κ1) is 13.3. The molecule has 0 aliphatic carbocycles. The highest BCUT2D eigenvalue weighted by Crippen LogP contribution is 2.30. The third-order valence-corrected chi connectivity index (χ3v) is 4.20. The quantitative estimate of drug-likeness (QED) is 0.891. The third kappa shape index (κ3) is 2.34. The van der Waals surface area contributed by atoms with E-state index in [0.29, 0.717) is 0 Å². The molecule has 0 spiro atoms. The summed E-state index contributed by atoms with van der Waals surface area (Å²) in [5.41, 5.74) is 5.38. The van der Waals surface area contributed by atoms with Gasteiger partial charge in [-0.05, 0) is 50.6 Å². The van der Waals surface area contributed by atoms with E-state index in [1.54, 1.807) is 0 Å². The lowest BCUT2D eigenvalue weighted by atomic mass is 9.99. The number of hydrogen-bond donors (Lipinski definition) is 2. The number of aromatic amines is 1. The maximum absolute atomic E-state index is 3.41. The van der Waals surface area contributed by atoms with Crippen LogP contribution in [0.4, 0.5) is 5.69 Å². The number of hydrogen-bond acceptors (Lipinski definition) is 2. The first-order chi connectivity index (χ1) is 9.83. The molecule has 20 heavy (non-hydrogen) atoms. The van der Waals surface area contributed by atoms with Gasteiger partial charge in [-0.1, -0.05) is 6.08 Å². The van der Waals surface area contributed by atoms with Gasteiger partial charge in [0.2, 0.25) is 0 Å². The molecule has 0 saturated carbocycles. The average molecular weight is 269 g/mol. The zero-order chi connectivity index (χ0) is 13.9. The molecular weight excluding hydrogens is 246 g/mol. The summed E-state index contributed by atoms with van der Waals surface area (Å²) < 4.78 is 0. The Morgan fingerprint density at radius 3 is 2.75 bits per heavy atom. The minimum atomic E-state index is 0.984. The summed E-state index contributed by atoms with van der Waals surface area (Å²) in [7, 11) is 0. The van der Waals surface area contributed by atoms with Gasteiger partial charge >= 0.3 is 0 Å². The molecule has 0 unspecified atom stereocenters.